The van der Waals surface area contributed by atoms with E-state index < -0.39 is 0 Å². The summed E-state index contributed by atoms with van der Waals surface area (Å²) >= 11 is 7.50. The predicted molar refractivity (Wildman–Crippen MR) is 134 cm³/mol. The number of nitrogens with zero attached hydrogens (tertiary/aromatic N) is 4. The van der Waals surface area contributed by atoms with Gasteiger partial charge in [-0.05, 0) is 54.1 Å². The summed E-state index contributed by atoms with van der Waals surface area (Å²) in [6.07, 6.45) is 4.84. The third-order valence-electron chi connectivity index (χ3n) is 5.65. The third-order valence-corrected chi connectivity index (χ3v) is 6.87. The summed E-state index contributed by atoms with van der Waals surface area (Å²) in [5.74, 6) is -0.162. The SMILES string of the molecule is O=C1NC(=Nc2ccccc2Cl)S/C1=C/c1ccc2ncn(CCCN3CCOCC3)c2c1. The lowest BCUT2D eigenvalue weighted by Gasteiger charge is -2.26. The molecule has 3 aromatic rings. The molecule has 9 heteroatoms. The van der Waals surface area contributed by atoms with Gasteiger partial charge in [0.1, 0.15) is 0 Å². The number of benzene rings is 2. The summed E-state index contributed by atoms with van der Waals surface area (Å²) in [5, 5.41) is 3.89. The van der Waals surface area contributed by atoms with Crippen molar-refractivity contribution in [2.75, 3.05) is 32.8 Å². The second-order valence-electron chi connectivity index (χ2n) is 7.93. The van der Waals surface area contributed by atoms with Crippen LogP contribution in [0.3, 0.4) is 0 Å². The van der Waals surface area contributed by atoms with Gasteiger partial charge in [-0.15, -0.1) is 0 Å². The van der Waals surface area contributed by atoms with E-state index in [1.807, 2.05) is 42.7 Å². The van der Waals surface area contributed by atoms with Gasteiger partial charge in [-0.1, -0.05) is 29.8 Å². The van der Waals surface area contributed by atoms with Crippen LogP contribution in [0.15, 0.2) is 58.7 Å². The predicted octanol–water partition coefficient (Wildman–Crippen LogP) is 4.30. The van der Waals surface area contributed by atoms with Crippen LogP contribution in [0.4, 0.5) is 5.69 Å². The van der Waals surface area contributed by atoms with E-state index in [0.717, 1.165) is 62.4 Å². The van der Waals surface area contributed by atoms with E-state index in [2.05, 4.69) is 30.8 Å². The van der Waals surface area contributed by atoms with Gasteiger partial charge < -0.3 is 14.6 Å². The Balaban J connectivity index is 1.30. The molecule has 0 bridgehead atoms. The first kappa shape index (κ1) is 22.2. The number of fused-ring (bicyclic) bond motifs is 1. The van der Waals surface area contributed by atoms with E-state index in [1.165, 1.54) is 11.8 Å². The molecule has 1 amide bonds. The third kappa shape index (κ3) is 5.30. The maximum absolute atomic E-state index is 12.5. The average molecular weight is 482 g/mol. The van der Waals surface area contributed by atoms with Gasteiger partial charge in [-0.2, -0.15) is 0 Å². The van der Waals surface area contributed by atoms with Crippen molar-refractivity contribution < 1.29 is 9.53 Å². The summed E-state index contributed by atoms with van der Waals surface area (Å²) in [6.45, 7) is 5.60. The second kappa shape index (κ2) is 10.1. The molecule has 1 aromatic heterocycles. The molecule has 2 aliphatic heterocycles. The molecule has 3 heterocycles. The topological polar surface area (TPSA) is 71.8 Å². The van der Waals surface area contributed by atoms with E-state index in [0.29, 0.717) is 20.8 Å². The van der Waals surface area contributed by atoms with Crippen LogP contribution in [-0.2, 0) is 16.1 Å². The van der Waals surface area contributed by atoms with Crippen molar-refractivity contribution in [3.63, 3.8) is 0 Å². The molecule has 0 unspecified atom stereocenters. The maximum atomic E-state index is 12.5. The van der Waals surface area contributed by atoms with Crippen molar-refractivity contribution in [2.45, 2.75) is 13.0 Å². The summed E-state index contributed by atoms with van der Waals surface area (Å²) in [5.41, 5.74) is 3.60. The number of carbonyl (C=O) groups excluding carboxylic acids is 1. The molecule has 2 saturated heterocycles. The van der Waals surface area contributed by atoms with Crippen molar-refractivity contribution >= 4 is 57.2 Å². The molecule has 33 heavy (non-hydrogen) atoms. The van der Waals surface area contributed by atoms with Crippen LogP contribution in [0.25, 0.3) is 17.1 Å². The number of amides is 1. The molecule has 0 spiro atoms. The molecule has 5 rings (SSSR count). The quantitative estimate of drug-likeness (QED) is 0.531. The largest absolute Gasteiger partial charge is 0.379 e. The number of aliphatic imine (C=N–C) groups is 1. The lowest BCUT2D eigenvalue weighted by atomic mass is 10.2. The van der Waals surface area contributed by atoms with E-state index in [-0.39, 0.29) is 5.91 Å². The highest BCUT2D eigenvalue weighted by atomic mass is 35.5. The lowest BCUT2D eigenvalue weighted by Crippen LogP contribution is -2.37. The minimum atomic E-state index is -0.162. The molecule has 7 nitrogen and oxygen atoms in total. The molecule has 0 saturated carbocycles. The number of imidazole rings is 1. The molecular weight excluding hydrogens is 458 g/mol. The van der Waals surface area contributed by atoms with Crippen LogP contribution in [-0.4, -0.2) is 58.4 Å². The molecule has 2 aliphatic rings. The van der Waals surface area contributed by atoms with Crippen molar-refractivity contribution in [1.29, 1.82) is 0 Å². The van der Waals surface area contributed by atoms with Gasteiger partial charge >= 0.3 is 0 Å². The minimum absolute atomic E-state index is 0.162. The van der Waals surface area contributed by atoms with Crippen LogP contribution in [0.5, 0.6) is 0 Å². The Morgan fingerprint density at radius 2 is 2.03 bits per heavy atom. The first-order valence-corrected chi connectivity index (χ1v) is 12.1. The number of morpholine rings is 1. The molecule has 2 fully saturated rings. The second-order valence-corrected chi connectivity index (χ2v) is 9.36. The van der Waals surface area contributed by atoms with Crippen LogP contribution >= 0.6 is 23.4 Å². The molecular formula is C24H24ClN5O2S. The number of para-hydroxylation sites is 1. The van der Waals surface area contributed by atoms with Crippen molar-refractivity contribution in [2.24, 2.45) is 4.99 Å². The number of aryl methyl sites for hydroxylation is 1. The molecule has 2 aromatic carbocycles. The van der Waals surface area contributed by atoms with Crippen LogP contribution < -0.4 is 5.32 Å². The van der Waals surface area contributed by atoms with Gasteiger partial charge in [0.05, 0.1) is 46.2 Å². The number of amidine groups is 1. The monoisotopic (exact) mass is 481 g/mol. The number of halogens is 1. The molecule has 1 N–H and O–H groups in total. The van der Waals surface area contributed by atoms with Crippen LogP contribution in [0, 0.1) is 0 Å². The molecule has 0 radical (unpaired) electrons. The maximum Gasteiger partial charge on any atom is 0.264 e. The summed E-state index contributed by atoms with van der Waals surface area (Å²) < 4.78 is 7.61. The van der Waals surface area contributed by atoms with Crippen LogP contribution in [0.2, 0.25) is 5.02 Å². The number of thioether (sulfide) groups is 1. The fourth-order valence-corrected chi connectivity index (χ4v) is 4.93. The smallest absolute Gasteiger partial charge is 0.264 e. The zero-order valence-electron chi connectivity index (χ0n) is 18.0. The normalized spacial score (nSPS) is 19.6. The van der Waals surface area contributed by atoms with Crippen molar-refractivity contribution in [1.82, 2.24) is 19.8 Å². The summed E-state index contributed by atoms with van der Waals surface area (Å²) in [4.78, 5) is 24.5. The first-order chi connectivity index (χ1) is 16.2. The number of ether oxygens (including phenoxy) is 1. The number of aromatic nitrogens is 2. The zero-order valence-corrected chi connectivity index (χ0v) is 19.6. The van der Waals surface area contributed by atoms with E-state index in [4.69, 9.17) is 16.3 Å². The Morgan fingerprint density at radius 3 is 2.88 bits per heavy atom. The van der Waals surface area contributed by atoms with Crippen LogP contribution in [0.1, 0.15) is 12.0 Å². The Bertz CT molecular complexity index is 1230. The lowest BCUT2D eigenvalue weighted by molar-refractivity contribution is -0.115. The Kier molecular flexibility index (Phi) is 6.78. The number of hydrogen-bond acceptors (Lipinski definition) is 6. The number of rotatable bonds is 6. The van der Waals surface area contributed by atoms with Gasteiger partial charge in [0.25, 0.3) is 5.91 Å². The van der Waals surface area contributed by atoms with E-state index >= 15 is 0 Å². The van der Waals surface area contributed by atoms with Gasteiger partial charge in [-0.25, -0.2) is 9.98 Å². The van der Waals surface area contributed by atoms with E-state index in [1.54, 1.807) is 6.07 Å². The number of nitrogens with one attached hydrogen (secondary N) is 1. The number of hydrogen-bond donors (Lipinski definition) is 1. The van der Waals surface area contributed by atoms with Gasteiger partial charge in [0.15, 0.2) is 5.17 Å². The molecule has 0 aliphatic carbocycles. The fourth-order valence-electron chi connectivity index (χ4n) is 3.91. The van der Waals surface area contributed by atoms with Gasteiger partial charge in [0, 0.05) is 26.2 Å². The highest BCUT2D eigenvalue weighted by molar-refractivity contribution is 8.18. The van der Waals surface area contributed by atoms with Crippen molar-refractivity contribution in [3.05, 3.63) is 64.3 Å². The minimum Gasteiger partial charge on any atom is -0.379 e. The zero-order chi connectivity index (χ0) is 22.6. The van der Waals surface area contributed by atoms with Gasteiger partial charge in [-0.3, -0.25) is 9.69 Å². The van der Waals surface area contributed by atoms with Gasteiger partial charge in [0.2, 0.25) is 0 Å². The molecule has 170 valence electrons. The first-order valence-electron chi connectivity index (χ1n) is 10.9. The van der Waals surface area contributed by atoms with Crippen molar-refractivity contribution in [3.8, 4) is 0 Å². The summed E-state index contributed by atoms with van der Waals surface area (Å²) in [6, 6.07) is 13.4. The highest BCUT2D eigenvalue weighted by Gasteiger charge is 2.24. The summed E-state index contributed by atoms with van der Waals surface area (Å²) in [7, 11) is 0. The Morgan fingerprint density at radius 1 is 1.18 bits per heavy atom. The van der Waals surface area contributed by atoms with E-state index in [9.17, 15) is 4.79 Å². The fraction of sp³-hybridized carbons (Fsp3) is 0.292. The Labute approximate surface area is 201 Å². The number of carbonyl (C=O) groups is 1. The Hall–Kier alpha value is -2.65. The standard InChI is InChI=1S/C24H24ClN5O2S/c25-18-4-1-2-5-19(18)27-24-28-23(31)22(33-24)15-17-6-7-20-21(14-17)30(16-26-20)9-3-8-29-10-12-32-13-11-29/h1-2,4-7,14-16H,3,8-13H2,(H,27,28,31)/b22-15+. The highest BCUT2D eigenvalue weighted by Crippen LogP contribution is 2.31. The molecule has 0 atom stereocenters. The average Bonchev–Trinajstić information content (AvgIpc) is 3.38.